The molecule has 2 aliphatic heterocycles. The third kappa shape index (κ3) is 2.63. The zero-order valence-corrected chi connectivity index (χ0v) is 14.3. The van der Waals surface area contributed by atoms with Gasteiger partial charge in [0.15, 0.2) is 0 Å². The van der Waals surface area contributed by atoms with Crippen LogP contribution in [0.25, 0.3) is 0 Å². The predicted molar refractivity (Wildman–Crippen MR) is 93.6 cm³/mol. The highest BCUT2D eigenvalue weighted by molar-refractivity contribution is 7.90. The number of anilines is 1. The molecule has 2 aromatic rings. The molecule has 6 nitrogen and oxygen atoms in total. The molecule has 2 aliphatic rings. The molecule has 0 radical (unpaired) electrons. The topological polar surface area (TPSA) is 66.7 Å². The molecule has 1 atom stereocenters. The number of amidine groups is 1. The highest BCUT2D eigenvalue weighted by Gasteiger charge is 2.31. The molecular weight excluding hydrogens is 324 g/mol. The van der Waals surface area contributed by atoms with Crippen LogP contribution < -0.4 is 5.32 Å². The predicted octanol–water partition coefficient (Wildman–Crippen LogP) is 2.37. The number of sulfonamides is 1. The lowest BCUT2D eigenvalue weighted by Crippen LogP contribution is -2.35. The van der Waals surface area contributed by atoms with Gasteiger partial charge in [0, 0.05) is 18.9 Å². The highest BCUT2D eigenvalue weighted by atomic mass is 32.2. The van der Waals surface area contributed by atoms with Gasteiger partial charge in [-0.05, 0) is 43.7 Å². The SMILES string of the molecule is Cn1cccc1[C@@H]1CCCN1CC1=NS(=O)(=O)c2ccccc2N1. The van der Waals surface area contributed by atoms with Crippen molar-refractivity contribution >= 4 is 21.5 Å². The number of aromatic nitrogens is 1. The summed E-state index contributed by atoms with van der Waals surface area (Å²) in [6.07, 6.45) is 4.23. The van der Waals surface area contributed by atoms with Gasteiger partial charge in [-0.15, -0.1) is 4.40 Å². The number of fused-ring (bicyclic) bond motifs is 1. The highest BCUT2D eigenvalue weighted by Crippen LogP contribution is 2.33. The van der Waals surface area contributed by atoms with Crippen LogP contribution in [0.2, 0.25) is 0 Å². The molecular formula is C17H20N4O2S. The molecule has 0 unspecified atom stereocenters. The van der Waals surface area contributed by atoms with Crippen molar-refractivity contribution in [3.8, 4) is 0 Å². The average molecular weight is 344 g/mol. The fourth-order valence-corrected chi connectivity index (χ4v) is 4.74. The summed E-state index contributed by atoms with van der Waals surface area (Å²) in [7, 11) is -1.57. The number of aryl methyl sites for hydroxylation is 1. The molecule has 7 heteroatoms. The average Bonchev–Trinajstić information content (AvgIpc) is 3.15. The molecule has 126 valence electrons. The first-order valence-electron chi connectivity index (χ1n) is 8.10. The van der Waals surface area contributed by atoms with E-state index in [0.29, 0.717) is 24.1 Å². The molecule has 0 amide bonds. The van der Waals surface area contributed by atoms with E-state index in [1.807, 2.05) is 25.4 Å². The summed E-state index contributed by atoms with van der Waals surface area (Å²) >= 11 is 0. The Labute approximate surface area is 141 Å². The van der Waals surface area contributed by atoms with E-state index >= 15 is 0 Å². The van der Waals surface area contributed by atoms with Crippen LogP contribution in [-0.2, 0) is 17.1 Å². The molecule has 3 heterocycles. The van der Waals surface area contributed by atoms with Crippen molar-refractivity contribution in [3.05, 3.63) is 48.3 Å². The van der Waals surface area contributed by atoms with Crippen molar-refractivity contribution in [3.63, 3.8) is 0 Å². The monoisotopic (exact) mass is 344 g/mol. The minimum absolute atomic E-state index is 0.245. The maximum Gasteiger partial charge on any atom is 0.286 e. The molecule has 0 spiro atoms. The van der Waals surface area contributed by atoms with Gasteiger partial charge in [0.25, 0.3) is 10.0 Å². The molecule has 0 aliphatic carbocycles. The van der Waals surface area contributed by atoms with Crippen molar-refractivity contribution in [2.75, 3.05) is 18.4 Å². The molecule has 4 rings (SSSR count). The zero-order valence-electron chi connectivity index (χ0n) is 13.5. The van der Waals surface area contributed by atoms with Gasteiger partial charge in [0.05, 0.1) is 18.3 Å². The lowest BCUT2D eigenvalue weighted by Gasteiger charge is -2.27. The number of nitrogens with zero attached hydrogens (tertiary/aromatic N) is 3. The molecule has 1 aromatic heterocycles. The molecule has 1 aromatic carbocycles. The number of rotatable bonds is 3. The molecule has 0 bridgehead atoms. The Balaban J connectivity index is 1.60. The summed E-state index contributed by atoms with van der Waals surface area (Å²) in [4.78, 5) is 2.54. The second-order valence-corrected chi connectivity index (χ2v) is 7.88. The summed E-state index contributed by atoms with van der Waals surface area (Å²) in [6, 6.07) is 11.4. The molecule has 1 N–H and O–H groups in total. The van der Waals surface area contributed by atoms with Crippen LogP contribution in [0.3, 0.4) is 0 Å². The number of benzene rings is 1. The normalized spacial score (nSPS) is 22.7. The van der Waals surface area contributed by atoms with Gasteiger partial charge in [0.1, 0.15) is 10.7 Å². The van der Waals surface area contributed by atoms with Gasteiger partial charge in [-0.25, -0.2) is 0 Å². The smallest absolute Gasteiger partial charge is 0.286 e. The van der Waals surface area contributed by atoms with Crippen molar-refractivity contribution in [2.24, 2.45) is 11.4 Å². The minimum atomic E-state index is -3.62. The van der Waals surface area contributed by atoms with E-state index in [-0.39, 0.29) is 4.90 Å². The number of nitrogens with one attached hydrogen (secondary N) is 1. The van der Waals surface area contributed by atoms with Crippen molar-refractivity contribution in [1.29, 1.82) is 0 Å². The molecule has 0 saturated carbocycles. The largest absolute Gasteiger partial charge is 0.353 e. The Kier molecular flexibility index (Phi) is 3.69. The Bertz CT molecular complexity index is 901. The van der Waals surface area contributed by atoms with Crippen LogP contribution in [0.15, 0.2) is 51.9 Å². The van der Waals surface area contributed by atoms with E-state index in [2.05, 4.69) is 25.2 Å². The van der Waals surface area contributed by atoms with E-state index in [4.69, 9.17) is 0 Å². The van der Waals surface area contributed by atoms with E-state index < -0.39 is 10.0 Å². The van der Waals surface area contributed by atoms with Gasteiger partial charge in [-0.1, -0.05) is 12.1 Å². The first-order chi connectivity index (χ1) is 11.5. The third-order valence-corrected chi connectivity index (χ3v) is 6.09. The standard InChI is InChI=1S/C17H20N4O2S/c1-20-10-4-7-14(20)15-8-5-11-21(15)12-17-18-13-6-2-3-9-16(13)24(22,23)19-17/h2-4,6-7,9-10,15H,5,8,11-12H2,1H3,(H,18,19)/t15-/m0/s1. The molecule has 1 saturated heterocycles. The second kappa shape index (κ2) is 5.75. The van der Waals surface area contributed by atoms with E-state index in [0.717, 1.165) is 19.4 Å². The van der Waals surface area contributed by atoms with Crippen LogP contribution in [0.5, 0.6) is 0 Å². The van der Waals surface area contributed by atoms with Crippen LogP contribution in [0.4, 0.5) is 5.69 Å². The first kappa shape index (κ1) is 15.4. The summed E-state index contributed by atoms with van der Waals surface area (Å²) in [5, 5.41) is 3.18. The summed E-state index contributed by atoms with van der Waals surface area (Å²) in [5.41, 5.74) is 1.87. The number of hydrogen-bond acceptors (Lipinski definition) is 4. The lowest BCUT2D eigenvalue weighted by atomic mass is 10.1. The van der Waals surface area contributed by atoms with Crippen LogP contribution in [0.1, 0.15) is 24.6 Å². The van der Waals surface area contributed by atoms with E-state index in [9.17, 15) is 8.42 Å². The maximum atomic E-state index is 12.4. The van der Waals surface area contributed by atoms with E-state index in [1.54, 1.807) is 18.2 Å². The second-order valence-electron chi connectivity index (χ2n) is 6.31. The van der Waals surface area contributed by atoms with Gasteiger partial charge in [-0.3, -0.25) is 4.90 Å². The third-order valence-electron chi connectivity index (χ3n) is 4.72. The van der Waals surface area contributed by atoms with E-state index in [1.165, 1.54) is 5.69 Å². The summed E-state index contributed by atoms with van der Waals surface area (Å²) in [5.74, 6) is 0.495. The lowest BCUT2D eigenvalue weighted by molar-refractivity contribution is 0.285. The quantitative estimate of drug-likeness (QED) is 0.928. The van der Waals surface area contributed by atoms with Crippen molar-refractivity contribution < 1.29 is 8.42 Å². The maximum absolute atomic E-state index is 12.4. The fourth-order valence-electron chi connectivity index (χ4n) is 3.60. The van der Waals surface area contributed by atoms with Gasteiger partial charge >= 0.3 is 0 Å². The number of likely N-dealkylation sites (tertiary alicyclic amines) is 1. The van der Waals surface area contributed by atoms with Crippen LogP contribution in [-0.4, -0.2) is 36.8 Å². The van der Waals surface area contributed by atoms with Gasteiger partial charge in [0.2, 0.25) is 0 Å². The summed E-state index contributed by atoms with van der Waals surface area (Å²) < 4.78 is 30.9. The Morgan fingerprint density at radius 3 is 2.88 bits per heavy atom. The van der Waals surface area contributed by atoms with Crippen LogP contribution in [0, 0.1) is 0 Å². The van der Waals surface area contributed by atoms with Crippen LogP contribution >= 0.6 is 0 Å². The number of para-hydroxylation sites is 1. The Morgan fingerprint density at radius 1 is 1.25 bits per heavy atom. The Hall–Kier alpha value is -2.12. The molecule has 24 heavy (non-hydrogen) atoms. The van der Waals surface area contributed by atoms with Gasteiger partial charge in [-0.2, -0.15) is 8.42 Å². The minimum Gasteiger partial charge on any atom is -0.353 e. The summed E-state index contributed by atoms with van der Waals surface area (Å²) in [6.45, 7) is 1.45. The Morgan fingerprint density at radius 2 is 2.08 bits per heavy atom. The first-order valence-corrected chi connectivity index (χ1v) is 9.54. The van der Waals surface area contributed by atoms with Gasteiger partial charge < -0.3 is 9.88 Å². The van der Waals surface area contributed by atoms with Crippen molar-refractivity contribution in [2.45, 2.75) is 23.8 Å². The van der Waals surface area contributed by atoms with Crippen molar-refractivity contribution in [1.82, 2.24) is 9.47 Å². The number of hydrogen-bond donors (Lipinski definition) is 1. The molecule has 1 fully saturated rings. The zero-order chi connectivity index (χ0) is 16.7. The fraction of sp³-hybridized carbons (Fsp3) is 0.353.